The topological polar surface area (TPSA) is 0 Å². The molecule has 0 radical (unpaired) electrons. The number of thiophene rings is 2. The van der Waals surface area contributed by atoms with Gasteiger partial charge in [0.1, 0.15) is 0 Å². The van der Waals surface area contributed by atoms with E-state index in [4.69, 9.17) is 0 Å². The van der Waals surface area contributed by atoms with Crippen LogP contribution in [0.4, 0.5) is 0 Å². The summed E-state index contributed by atoms with van der Waals surface area (Å²) in [7, 11) is 0. The first-order valence-electron chi connectivity index (χ1n) is 9.43. The summed E-state index contributed by atoms with van der Waals surface area (Å²) >= 11 is 3.99. The summed E-state index contributed by atoms with van der Waals surface area (Å²) < 4.78 is 0. The van der Waals surface area contributed by atoms with Crippen molar-refractivity contribution >= 4 is 33.4 Å². The van der Waals surface area contributed by atoms with Gasteiger partial charge in [0.05, 0.1) is 4.88 Å². The summed E-state index contributed by atoms with van der Waals surface area (Å²) in [5.41, 5.74) is 0.500. The zero-order valence-electron chi connectivity index (χ0n) is 16.4. The number of hydrogen-bond donors (Lipinski definition) is 0. The molecule has 0 saturated carbocycles. The highest BCUT2D eigenvalue weighted by atomic mass is 32.1. The standard InChI is InChI=1S/C23H30S2/c1-7-15-23(5,6)19-14-13-18(24-19)20-16-11-9-10-12-17(16)21(25-20)22(3,4)8-2/h9-14H,7-8,15H2,1-6H3. The van der Waals surface area contributed by atoms with Crippen molar-refractivity contribution in [1.82, 2.24) is 0 Å². The quantitative estimate of drug-likeness (QED) is 0.408. The minimum Gasteiger partial charge on any atom is -0.139 e. The van der Waals surface area contributed by atoms with Crippen LogP contribution in [0, 0.1) is 0 Å². The lowest BCUT2D eigenvalue weighted by atomic mass is 9.86. The van der Waals surface area contributed by atoms with Crippen LogP contribution in [-0.4, -0.2) is 0 Å². The number of fused-ring (bicyclic) bond motifs is 1. The molecule has 0 N–H and O–H groups in total. The Bertz CT molecular complexity index is 861. The van der Waals surface area contributed by atoms with Crippen LogP contribution in [0.3, 0.4) is 0 Å². The minimum absolute atomic E-state index is 0.226. The Morgan fingerprint density at radius 3 is 2.12 bits per heavy atom. The Labute approximate surface area is 160 Å². The van der Waals surface area contributed by atoms with E-state index >= 15 is 0 Å². The highest BCUT2D eigenvalue weighted by Crippen LogP contribution is 2.48. The molecule has 1 aromatic carbocycles. The molecule has 0 unspecified atom stereocenters. The van der Waals surface area contributed by atoms with Crippen LogP contribution in [0.5, 0.6) is 0 Å². The van der Waals surface area contributed by atoms with Crippen molar-refractivity contribution in [1.29, 1.82) is 0 Å². The van der Waals surface area contributed by atoms with E-state index < -0.39 is 0 Å². The molecule has 0 aliphatic rings. The Hall–Kier alpha value is -1.12. The zero-order valence-corrected chi connectivity index (χ0v) is 18.0. The molecular weight excluding hydrogens is 340 g/mol. The van der Waals surface area contributed by atoms with Crippen LogP contribution < -0.4 is 0 Å². The molecule has 0 aliphatic heterocycles. The number of hydrogen-bond acceptors (Lipinski definition) is 2. The van der Waals surface area contributed by atoms with E-state index in [0.717, 1.165) is 6.42 Å². The molecule has 0 atom stereocenters. The van der Waals surface area contributed by atoms with Crippen LogP contribution in [0.2, 0.25) is 0 Å². The Kier molecular flexibility index (Phi) is 5.14. The van der Waals surface area contributed by atoms with Gasteiger partial charge in [-0.25, -0.2) is 0 Å². The predicted octanol–water partition coefficient (Wildman–Crippen LogP) is 8.40. The van der Waals surface area contributed by atoms with Gasteiger partial charge in [-0.3, -0.25) is 0 Å². The molecule has 2 heteroatoms. The van der Waals surface area contributed by atoms with Gasteiger partial charge < -0.3 is 0 Å². The molecule has 0 amide bonds. The molecule has 0 spiro atoms. The van der Waals surface area contributed by atoms with Crippen LogP contribution in [0.15, 0.2) is 36.4 Å². The molecule has 0 fully saturated rings. The molecule has 25 heavy (non-hydrogen) atoms. The minimum atomic E-state index is 0.226. The summed E-state index contributed by atoms with van der Waals surface area (Å²) in [6.07, 6.45) is 3.64. The van der Waals surface area contributed by atoms with Crippen molar-refractivity contribution in [3.8, 4) is 9.75 Å². The summed E-state index contributed by atoms with van der Waals surface area (Å²) in [5.74, 6) is 0. The van der Waals surface area contributed by atoms with Crippen LogP contribution >= 0.6 is 22.7 Å². The second-order valence-corrected chi connectivity index (χ2v) is 10.4. The summed E-state index contributed by atoms with van der Waals surface area (Å²) in [5, 5.41) is 2.86. The maximum atomic E-state index is 2.38. The van der Waals surface area contributed by atoms with Crippen molar-refractivity contribution in [2.45, 2.75) is 71.6 Å². The van der Waals surface area contributed by atoms with Gasteiger partial charge in [-0.05, 0) is 41.2 Å². The SMILES string of the molecule is CCCC(C)(C)c1ccc(-c2sc(C(C)(C)CC)c3ccccc23)s1. The van der Waals surface area contributed by atoms with Gasteiger partial charge in [0.15, 0.2) is 0 Å². The fraction of sp³-hybridized carbons (Fsp3) is 0.478. The Balaban J connectivity index is 2.13. The van der Waals surface area contributed by atoms with Crippen molar-refractivity contribution in [2.75, 3.05) is 0 Å². The molecule has 3 rings (SSSR count). The number of rotatable bonds is 6. The third-order valence-electron chi connectivity index (χ3n) is 5.49. The van der Waals surface area contributed by atoms with Gasteiger partial charge in [-0.15, -0.1) is 22.7 Å². The fourth-order valence-corrected chi connectivity index (χ4v) is 6.22. The molecule has 3 aromatic rings. The average Bonchev–Trinajstić information content (AvgIpc) is 3.20. The van der Waals surface area contributed by atoms with Crippen LogP contribution in [0.25, 0.3) is 20.5 Å². The summed E-state index contributed by atoms with van der Waals surface area (Å²) in [6.45, 7) is 14.1. The molecule has 134 valence electrons. The molecule has 0 aliphatic carbocycles. The fourth-order valence-electron chi connectivity index (χ4n) is 3.51. The Morgan fingerprint density at radius 2 is 1.48 bits per heavy atom. The largest absolute Gasteiger partial charge is 0.139 e. The average molecular weight is 371 g/mol. The van der Waals surface area contributed by atoms with Crippen molar-refractivity contribution in [3.05, 3.63) is 46.2 Å². The van der Waals surface area contributed by atoms with Gasteiger partial charge in [0.2, 0.25) is 0 Å². The first-order chi connectivity index (χ1) is 11.8. The first-order valence-corrected chi connectivity index (χ1v) is 11.1. The third kappa shape index (κ3) is 3.44. The molecule has 2 heterocycles. The highest BCUT2D eigenvalue weighted by Gasteiger charge is 2.27. The maximum absolute atomic E-state index is 2.38. The van der Waals surface area contributed by atoms with E-state index in [-0.39, 0.29) is 10.8 Å². The normalized spacial score (nSPS) is 12.9. The summed E-state index contributed by atoms with van der Waals surface area (Å²) in [6, 6.07) is 13.7. The van der Waals surface area contributed by atoms with Crippen LogP contribution in [-0.2, 0) is 10.8 Å². The van der Waals surface area contributed by atoms with E-state index in [0.29, 0.717) is 0 Å². The smallest absolute Gasteiger partial charge is 0.0524 e. The van der Waals surface area contributed by atoms with Crippen molar-refractivity contribution in [3.63, 3.8) is 0 Å². The highest BCUT2D eigenvalue weighted by molar-refractivity contribution is 7.23. The molecule has 0 saturated heterocycles. The van der Waals surface area contributed by atoms with E-state index in [1.807, 2.05) is 22.7 Å². The van der Waals surface area contributed by atoms with Gasteiger partial charge in [-0.1, -0.05) is 72.2 Å². The van der Waals surface area contributed by atoms with Crippen molar-refractivity contribution in [2.24, 2.45) is 0 Å². The molecule has 2 aromatic heterocycles. The van der Waals surface area contributed by atoms with Gasteiger partial charge in [0.25, 0.3) is 0 Å². The van der Waals surface area contributed by atoms with E-state index in [1.165, 1.54) is 43.1 Å². The summed E-state index contributed by atoms with van der Waals surface area (Å²) in [4.78, 5) is 5.93. The third-order valence-corrected chi connectivity index (χ3v) is 8.71. The zero-order chi connectivity index (χ0) is 18.2. The Morgan fingerprint density at radius 1 is 0.800 bits per heavy atom. The lowest BCUT2D eigenvalue weighted by Gasteiger charge is -2.22. The van der Waals surface area contributed by atoms with E-state index in [9.17, 15) is 0 Å². The lowest BCUT2D eigenvalue weighted by molar-refractivity contribution is 0.482. The van der Waals surface area contributed by atoms with Gasteiger partial charge in [-0.2, -0.15) is 0 Å². The molecule has 0 bridgehead atoms. The lowest BCUT2D eigenvalue weighted by Crippen LogP contribution is -2.14. The molecular formula is C23H30S2. The first kappa shape index (κ1) is 18.7. The number of benzene rings is 1. The van der Waals surface area contributed by atoms with Crippen molar-refractivity contribution < 1.29 is 0 Å². The second kappa shape index (κ2) is 6.89. The van der Waals surface area contributed by atoms with Gasteiger partial charge >= 0.3 is 0 Å². The second-order valence-electron chi connectivity index (χ2n) is 8.34. The van der Waals surface area contributed by atoms with E-state index in [2.05, 4.69) is 77.9 Å². The van der Waals surface area contributed by atoms with Crippen LogP contribution in [0.1, 0.15) is 70.6 Å². The molecule has 0 nitrogen and oxygen atoms in total. The van der Waals surface area contributed by atoms with Gasteiger partial charge in [0, 0.05) is 20.0 Å². The monoisotopic (exact) mass is 370 g/mol. The van der Waals surface area contributed by atoms with E-state index in [1.54, 1.807) is 0 Å². The maximum Gasteiger partial charge on any atom is 0.0524 e. The predicted molar refractivity (Wildman–Crippen MR) is 116 cm³/mol.